The van der Waals surface area contributed by atoms with Crippen molar-refractivity contribution < 1.29 is 14.3 Å². The number of aryl methyl sites for hydroxylation is 1. The monoisotopic (exact) mass is 234 g/mol. The Morgan fingerprint density at radius 2 is 1.88 bits per heavy atom. The summed E-state index contributed by atoms with van der Waals surface area (Å²) in [4.78, 5) is 10.7. The molecule has 92 valence electrons. The maximum atomic E-state index is 10.7. The van der Waals surface area contributed by atoms with Crippen LogP contribution in [0.4, 0.5) is 0 Å². The number of rotatable bonds is 7. The third-order valence-corrected chi connectivity index (χ3v) is 2.24. The summed E-state index contributed by atoms with van der Waals surface area (Å²) in [6.07, 6.45) is 2.83. The number of benzene rings is 1. The number of esters is 1. The van der Waals surface area contributed by atoms with Crippen LogP contribution < -0.4 is 4.74 Å². The predicted molar refractivity (Wildman–Crippen MR) is 67.1 cm³/mol. The summed E-state index contributed by atoms with van der Waals surface area (Å²) in [6, 6.07) is 7.93. The van der Waals surface area contributed by atoms with Crippen molar-refractivity contribution in [2.45, 2.75) is 19.8 Å². The number of ether oxygens (including phenoxy) is 2. The maximum absolute atomic E-state index is 10.7. The fraction of sp³-hybridized carbons (Fsp3) is 0.357. The van der Waals surface area contributed by atoms with E-state index in [-0.39, 0.29) is 5.97 Å². The van der Waals surface area contributed by atoms with Gasteiger partial charge >= 0.3 is 5.97 Å². The first-order valence-corrected chi connectivity index (χ1v) is 5.71. The fourth-order valence-electron chi connectivity index (χ4n) is 1.26. The molecule has 0 spiro atoms. The van der Waals surface area contributed by atoms with E-state index in [2.05, 4.69) is 6.58 Å². The van der Waals surface area contributed by atoms with E-state index in [1.807, 2.05) is 31.2 Å². The summed E-state index contributed by atoms with van der Waals surface area (Å²) in [5, 5.41) is 0. The van der Waals surface area contributed by atoms with E-state index in [0.717, 1.165) is 18.6 Å². The third kappa shape index (κ3) is 5.76. The second-order valence-electron chi connectivity index (χ2n) is 3.74. The van der Waals surface area contributed by atoms with E-state index in [1.54, 1.807) is 0 Å². The van der Waals surface area contributed by atoms with Crippen LogP contribution in [0.2, 0.25) is 0 Å². The van der Waals surface area contributed by atoms with Gasteiger partial charge in [-0.15, -0.1) is 0 Å². The standard InChI is InChI=1S/C14H18O3/c1-3-14(15)17-11-5-4-10-16-13-8-6-12(2)7-9-13/h3,6-9H,1,4-5,10-11H2,2H3. The SMILES string of the molecule is C=CC(=O)OCCCCOc1ccc(C)cc1. The number of carbonyl (C=O) groups excluding carboxylic acids is 1. The molecule has 0 aliphatic carbocycles. The second-order valence-corrected chi connectivity index (χ2v) is 3.74. The van der Waals surface area contributed by atoms with Crippen molar-refractivity contribution in [3.05, 3.63) is 42.5 Å². The highest BCUT2D eigenvalue weighted by Gasteiger charge is 1.96. The van der Waals surface area contributed by atoms with Crippen molar-refractivity contribution >= 4 is 5.97 Å². The van der Waals surface area contributed by atoms with Gasteiger partial charge < -0.3 is 9.47 Å². The Hall–Kier alpha value is -1.77. The summed E-state index contributed by atoms with van der Waals surface area (Å²) < 4.78 is 10.4. The molecular formula is C14H18O3. The van der Waals surface area contributed by atoms with Gasteiger partial charge in [0.2, 0.25) is 0 Å². The van der Waals surface area contributed by atoms with E-state index in [1.165, 1.54) is 11.6 Å². The third-order valence-electron chi connectivity index (χ3n) is 2.24. The lowest BCUT2D eigenvalue weighted by molar-refractivity contribution is -0.137. The van der Waals surface area contributed by atoms with Crippen molar-refractivity contribution in [2.75, 3.05) is 13.2 Å². The molecule has 0 fully saturated rings. The molecule has 17 heavy (non-hydrogen) atoms. The number of hydrogen-bond acceptors (Lipinski definition) is 3. The lowest BCUT2D eigenvalue weighted by Gasteiger charge is -2.06. The van der Waals surface area contributed by atoms with Crippen LogP contribution in [0.25, 0.3) is 0 Å². The zero-order chi connectivity index (χ0) is 12.5. The second kappa shape index (κ2) is 7.49. The Balaban J connectivity index is 2.06. The minimum Gasteiger partial charge on any atom is -0.494 e. The Morgan fingerprint density at radius 3 is 2.53 bits per heavy atom. The van der Waals surface area contributed by atoms with Crippen LogP contribution in [0.15, 0.2) is 36.9 Å². The molecule has 3 heteroatoms. The molecule has 0 N–H and O–H groups in total. The van der Waals surface area contributed by atoms with E-state index < -0.39 is 0 Å². The van der Waals surface area contributed by atoms with Gasteiger partial charge in [0.25, 0.3) is 0 Å². The Kier molecular flexibility index (Phi) is 5.86. The van der Waals surface area contributed by atoms with Gasteiger partial charge in [0.1, 0.15) is 5.75 Å². The molecule has 0 radical (unpaired) electrons. The summed E-state index contributed by atoms with van der Waals surface area (Å²) in [5.74, 6) is 0.503. The minimum absolute atomic E-state index is 0.371. The van der Waals surface area contributed by atoms with Crippen molar-refractivity contribution in [1.29, 1.82) is 0 Å². The number of hydrogen-bond donors (Lipinski definition) is 0. The highest BCUT2D eigenvalue weighted by Crippen LogP contribution is 2.11. The average Bonchev–Trinajstić information content (AvgIpc) is 2.35. The van der Waals surface area contributed by atoms with Crippen LogP contribution in [0.5, 0.6) is 5.75 Å². The Bertz CT molecular complexity index is 354. The van der Waals surface area contributed by atoms with Gasteiger partial charge in [0.05, 0.1) is 13.2 Å². The summed E-state index contributed by atoms with van der Waals surface area (Å²) in [6.45, 7) is 6.41. The molecule has 1 aromatic rings. The fourth-order valence-corrected chi connectivity index (χ4v) is 1.26. The Labute approximate surface area is 102 Å². The lowest BCUT2D eigenvalue weighted by Crippen LogP contribution is -2.04. The smallest absolute Gasteiger partial charge is 0.330 e. The molecule has 1 aromatic carbocycles. The van der Waals surface area contributed by atoms with Crippen molar-refractivity contribution in [3.8, 4) is 5.75 Å². The topological polar surface area (TPSA) is 35.5 Å². The minimum atomic E-state index is -0.371. The first kappa shape index (κ1) is 13.3. The number of carbonyl (C=O) groups is 1. The molecule has 0 aromatic heterocycles. The molecule has 0 bridgehead atoms. The molecule has 0 aliphatic rings. The molecule has 1 rings (SSSR count). The molecule has 0 amide bonds. The largest absolute Gasteiger partial charge is 0.494 e. The van der Waals surface area contributed by atoms with Crippen LogP contribution in [-0.4, -0.2) is 19.2 Å². The quantitative estimate of drug-likeness (QED) is 0.413. The molecule has 0 heterocycles. The summed E-state index contributed by atoms with van der Waals surface area (Å²) in [7, 11) is 0. The lowest BCUT2D eigenvalue weighted by atomic mass is 10.2. The van der Waals surface area contributed by atoms with Crippen LogP contribution in [0.3, 0.4) is 0 Å². The van der Waals surface area contributed by atoms with Gasteiger partial charge in [0, 0.05) is 6.08 Å². The van der Waals surface area contributed by atoms with Crippen LogP contribution in [0.1, 0.15) is 18.4 Å². The van der Waals surface area contributed by atoms with Gasteiger partial charge in [-0.1, -0.05) is 24.3 Å². The first-order valence-electron chi connectivity index (χ1n) is 5.71. The van der Waals surface area contributed by atoms with Gasteiger partial charge in [-0.25, -0.2) is 4.79 Å². The van der Waals surface area contributed by atoms with Crippen molar-refractivity contribution in [3.63, 3.8) is 0 Å². The zero-order valence-electron chi connectivity index (χ0n) is 10.1. The van der Waals surface area contributed by atoms with Gasteiger partial charge in [0.15, 0.2) is 0 Å². The van der Waals surface area contributed by atoms with E-state index in [0.29, 0.717) is 13.2 Å². The Morgan fingerprint density at radius 1 is 1.24 bits per heavy atom. The van der Waals surface area contributed by atoms with Gasteiger partial charge in [-0.3, -0.25) is 0 Å². The maximum Gasteiger partial charge on any atom is 0.330 e. The van der Waals surface area contributed by atoms with E-state index in [9.17, 15) is 4.79 Å². The molecule has 0 unspecified atom stereocenters. The molecule has 0 atom stereocenters. The van der Waals surface area contributed by atoms with Crippen molar-refractivity contribution in [2.24, 2.45) is 0 Å². The summed E-state index contributed by atoms with van der Waals surface area (Å²) in [5.41, 5.74) is 1.22. The normalized spacial score (nSPS) is 9.71. The zero-order valence-corrected chi connectivity index (χ0v) is 10.1. The molecule has 0 saturated heterocycles. The molecule has 3 nitrogen and oxygen atoms in total. The highest BCUT2D eigenvalue weighted by atomic mass is 16.5. The van der Waals surface area contributed by atoms with Gasteiger partial charge in [-0.2, -0.15) is 0 Å². The van der Waals surface area contributed by atoms with Crippen molar-refractivity contribution in [1.82, 2.24) is 0 Å². The van der Waals surface area contributed by atoms with Gasteiger partial charge in [-0.05, 0) is 31.9 Å². The molecular weight excluding hydrogens is 216 g/mol. The number of unbranched alkanes of at least 4 members (excludes halogenated alkanes) is 1. The first-order chi connectivity index (χ1) is 8.22. The molecule has 0 aliphatic heterocycles. The van der Waals surface area contributed by atoms with E-state index in [4.69, 9.17) is 9.47 Å². The predicted octanol–water partition coefficient (Wildman–Crippen LogP) is 2.88. The van der Waals surface area contributed by atoms with Crippen LogP contribution in [0, 0.1) is 6.92 Å². The van der Waals surface area contributed by atoms with Crippen LogP contribution >= 0.6 is 0 Å². The summed E-state index contributed by atoms with van der Waals surface area (Å²) >= 11 is 0. The van der Waals surface area contributed by atoms with Crippen LogP contribution in [-0.2, 0) is 9.53 Å². The average molecular weight is 234 g/mol. The van der Waals surface area contributed by atoms with E-state index >= 15 is 0 Å². The molecule has 0 saturated carbocycles. The highest BCUT2D eigenvalue weighted by molar-refractivity contribution is 5.81.